The van der Waals surface area contributed by atoms with Crippen molar-refractivity contribution in [3.63, 3.8) is 0 Å². The van der Waals surface area contributed by atoms with Gasteiger partial charge in [0.1, 0.15) is 5.72 Å². The van der Waals surface area contributed by atoms with Crippen LogP contribution in [0.1, 0.15) is 61.3 Å². The molecule has 1 unspecified atom stereocenters. The zero-order valence-electron chi connectivity index (χ0n) is 11.6. The third-order valence-electron chi connectivity index (χ3n) is 2.95. The Morgan fingerprint density at radius 2 is 1.53 bits per heavy atom. The molecule has 2 nitrogen and oxygen atoms in total. The predicted octanol–water partition coefficient (Wildman–Crippen LogP) is 3.55. The second-order valence-corrected chi connectivity index (χ2v) is 6.28. The average molecular weight is 215 g/mol. The molecule has 2 N–H and O–H groups in total. The summed E-state index contributed by atoms with van der Waals surface area (Å²) >= 11 is 0. The lowest BCUT2D eigenvalue weighted by Crippen LogP contribution is -2.43. The molecule has 0 spiro atoms. The molecule has 0 rings (SSSR count). The Kier molecular flexibility index (Phi) is 5.28. The molecule has 0 fully saturated rings. The summed E-state index contributed by atoms with van der Waals surface area (Å²) in [7, 11) is 0. The van der Waals surface area contributed by atoms with Gasteiger partial charge >= 0.3 is 0 Å². The van der Waals surface area contributed by atoms with E-state index in [2.05, 4.69) is 34.6 Å². The fourth-order valence-corrected chi connectivity index (χ4v) is 1.48. The highest BCUT2D eigenvalue weighted by molar-refractivity contribution is 4.78. The van der Waals surface area contributed by atoms with Crippen LogP contribution in [0.2, 0.25) is 0 Å². The van der Waals surface area contributed by atoms with Gasteiger partial charge in [0, 0.05) is 0 Å². The molecule has 0 heterocycles. The van der Waals surface area contributed by atoms with Gasteiger partial charge in [0.15, 0.2) is 0 Å². The first-order valence-electron chi connectivity index (χ1n) is 6.01. The number of ether oxygens (including phenoxy) is 1. The van der Waals surface area contributed by atoms with Crippen LogP contribution in [-0.4, -0.2) is 11.8 Å². The minimum atomic E-state index is -0.533. The van der Waals surface area contributed by atoms with Crippen LogP contribution in [0, 0.1) is 11.3 Å². The summed E-state index contributed by atoms with van der Waals surface area (Å²) in [6.45, 7) is 15.0. The van der Waals surface area contributed by atoms with Crippen molar-refractivity contribution < 1.29 is 4.74 Å². The van der Waals surface area contributed by atoms with Crippen molar-refractivity contribution in [1.82, 2.24) is 0 Å². The van der Waals surface area contributed by atoms with Gasteiger partial charge in [0.05, 0.1) is 6.10 Å². The maximum absolute atomic E-state index is 5.87. The molecule has 0 radical (unpaired) electrons. The second kappa shape index (κ2) is 5.31. The third-order valence-corrected chi connectivity index (χ3v) is 2.95. The first-order valence-corrected chi connectivity index (χ1v) is 6.01. The highest BCUT2D eigenvalue weighted by Crippen LogP contribution is 2.32. The SMILES string of the molecule is CC(C)CCC(C)(C)C(C)OC(C)(C)N. The van der Waals surface area contributed by atoms with Crippen LogP contribution >= 0.6 is 0 Å². The highest BCUT2D eigenvalue weighted by Gasteiger charge is 2.29. The Labute approximate surface area is 95.6 Å². The molecular formula is C13H29NO. The molecule has 92 valence electrons. The minimum Gasteiger partial charge on any atom is -0.358 e. The Morgan fingerprint density at radius 1 is 1.07 bits per heavy atom. The molecule has 0 aromatic rings. The van der Waals surface area contributed by atoms with Crippen LogP contribution in [0.4, 0.5) is 0 Å². The van der Waals surface area contributed by atoms with Gasteiger partial charge in [0.2, 0.25) is 0 Å². The molecule has 0 amide bonds. The van der Waals surface area contributed by atoms with Crippen molar-refractivity contribution in [3.8, 4) is 0 Å². The van der Waals surface area contributed by atoms with E-state index in [9.17, 15) is 0 Å². The minimum absolute atomic E-state index is 0.191. The molecule has 0 bridgehead atoms. The predicted molar refractivity (Wildman–Crippen MR) is 66.7 cm³/mol. The summed E-state index contributed by atoms with van der Waals surface area (Å²) in [6.07, 6.45) is 2.62. The molecule has 0 aliphatic carbocycles. The quantitative estimate of drug-likeness (QED) is 0.688. The maximum Gasteiger partial charge on any atom is 0.111 e. The van der Waals surface area contributed by atoms with Crippen molar-refractivity contribution in [2.24, 2.45) is 17.1 Å². The highest BCUT2D eigenvalue weighted by atomic mass is 16.5. The summed E-state index contributed by atoms with van der Waals surface area (Å²) in [5.74, 6) is 0.752. The molecule has 0 aromatic carbocycles. The van der Waals surface area contributed by atoms with Crippen LogP contribution in [0.5, 0.6) is 0 Å². The van der Waals surface area contributed by atoms with Gasteiger partial charge in [-0.05, 0) is 38.5 Å². The third kappa shape index (κ3) is 6.91. The van der Waals surface area contributed by atoms with Crippen molar-refractivity contribution in [2.75, 3.05) is 0 Å². The summed E-state index contributed by atoms with van der Waals surface area (Å²) in [6, 6.07) is 0. The van der Waals surface area contributed by atoms with Crippen LogP contribution < -0.4 is 5.73 Å². The Balaban J connectivity index is 4.19. The zero-order valence-corrected chi connectivity index (χ0v) is 11.6. The summed E-state index contributed by atoms with van der Waals surface area (Å²) in [4.78, 5) is 0. The zero-order chi connectivity index (χ0) is 12.3. The van der Waals surface area contributed by atoms with Gasteiger partial charge < -0.3 is 10.5 Å². The summed E-state index contributed by atoms with van der Waals surface area (Å²) in [5.41, 5.74) is 5.53. The maximum atomic E-state index is 5.87. The van der Waals surface area contributed by atoms with Crippen LogP contribution in [0.25, 0.3) is 0 Å². The van der Waals surface area contributed by atoms with E-state index in [-0.39, 0.29) is 11.5 Å². The normalized spacial score (nSPS) is 15.8. The van der Waals surface area contributed by atoms with Gasteiger partial charge in [-0.3, -0.25) is 0 Å². The first-order chi connectivity index (χ1) is 6.54. The molecule has 0 aliphatic rings. The topological polar surface area (TPSA) is 35.2 Å². The van der Waals surface area contributed by atoms with E-state index in [1.165, 1.54) is 12.8 Å². The lowest BCUT2D eigenvalue weighted by molar-refractivity contribution is -0.109. The van der Waals surface area contributed by atoms with E-state index < -0.39 is 5.72 Å². The fraction of sp³-hybridized carbons (Fsp3) is 1.00. The van der Waals surface area contributed by atoms with E-state index in [1.54, 1.807) is 0 Å². The largest absolute Gasteiger partial charge is 0.358 e. The molecule has 2 heteroatoms. The average Bonchev–Trinajstić information content (AvgIpc) is 1.97. The smallest absolute Gasteiger partial charge is 0.111 e. The molecule has 0 saturated carbocycles. The van der Waals surface area contributed by atoms with Crippen LogP contribution in [0.3, 0.4) is 0 Å². The van der Waals surface area contributed by atoms with Gasteiger partial charge in [-0.25, -0.2) is 0 Å². The van der Waals surface area contributed by atoms with Crippen molar-refractivity contribution in [2.45, 2.75) is 73.1 Å². The van der Waals surface area contributed by atoms with E-state index in [0.29, 0.717) is 0 Å². The van der Waals surface area contributed by atoms with E-state index in [4.69, 9.17) is 10.5 Å². The van der Waals surface area contributed by atoms with Crippen molar-refractivity contribution in [1.29, 1.82) is 0 Å². The summed E-state index contributed by atoms with van der Waals surface area (Å²) in [5, 5.41) is 0. The lowest BCUT2D eigenvalue weighted by atomic mass is 9.81. The van der Waals surface area contributed by atoms with E-state index >= 15 is 0 Å². The monoisotopic (exact) mass is 215 g/mol. The molecule has 0 aromatic heterocycles. The second-order valence-electron chi connectivity index (χ2n) is 6.28. The summed E-state index contributed by atoms with van der Waals surface area (Å²) < 4.78 is 5.81. The number of hydrogen-bond acceptors (Lipinski definition) is 2. The van der Waals surface area contributed by atoms with E-state index in [0.717, 1.165) is 5.92 Å². The molecule has 1 atom stereocenters. The van der Waals surface area contributed by atoms with Gasteiger partial charge in [-0.15, -0.1) is 0 Å². The number of rotatable bonds is 6. The van der Waals surface area contributed by atoms with Gasteiger partial charge in [-0.1, -0.05) is 34.1 Å². The molecule has 0 aliphatic heterocycles. The fourth-order valence-electron chi connectivity index (χ4n) is 1.48. The van der Waals surface area contributed by atoms with Gasteiger partial charge in [0.25, 0.3) is 0 Å². The van der Waals surface area contributed by atoms with Crippen molar-refractivity contribution >= 4 is 0 Å². The first kappa shape index (κ1) is 14.9. The molecular weight excluding hydrogens is 186 g/mol. The van der Waals surface area contributed by atoms with Crippen LogP contribution in [-0.2, 0) is 4.74 Å². The van der Waals surface area contributed by atoms with E-state index in [1.807, 2.05) is 13.8 Å². The standard InChI is InChI=1S/C13H29NO/c1-10(2)8-9-12(4,5)11(3)15-13(6,7)14/h10-11H,8-9,14H2,1-7H3. The number of hydrogen-bond donors (Lipinski definition) is 1. The Morgan fingerprint density at radius 3 is 1.87 bits per heavy atom. The van der Waals surface area contributed by atoms with Crippen LogP contribution in [0.15, 0.2) is 0 Å². The molecule has 0 saturated heterocycles. The van der Waals surface area contributed by atoms with Crippen molar-refractivity contribution in [3.05, 3.63) is 0 Å². The van der Waals surface area contributed by atoms with Gasteiger partial charge in [-0.2, -0.15) is 0 Å². The Bertz CT molecular complexity index is 179. The Hall–Kier alpha value is -0.0800. The lowest BCUT2D eigenvalue weighted by Gasteiger charge is -2.36. The number of nitrogens with two attached hydrogens (primary N) is 1. The molecule has 15 heavy (non-hydrogen) atoms.